The molecule has 1 amide bonds. The third-order valence-corrected chi connectivity index (χ3v) is 5.30. The van der Waals surface area contributed by atoms with Gasteiger partial charge in [-0.15, -0.1) is 0 Å². The molecule has 1 fully saturated rings. The van der Waals surface area contributed by atoms with E-state index in [1.807, 2.05) is 19.2 Å². The van der Waals surface area contributed by atoms with E-state index in [1.54, 1.807) is 0 Å². The van der Waals surface area contributed by atoms with Crippen molar-refractivity contribution in [2.24, 2.45) is 0 Å². The Hall–Kier alpha value is -1.75. The van der Waals surface area contributed by atoms with E-state index in [4.69, 9.17) is 0 Å². The van der Waals surface area contributed by atoms with Crippen LogP contribution in [0.25, 0.3) is 10.4 Å². The van der Waals surface area contributed by atoms with Gasteiger partial charge in [0.05, 0.1) is 10.6 Å². The second-order valence-corrected chi connectivity index (χ2v) is 6.96. The van der Waals surface area contributed by atoms with Crippen molar-refractivity contribution in [3.05, 3.63) is 29.7 Å². The summed E-state index contributed by atoms with van der Waals surface area (Å²) in [7, 11) is 0. The largest absolute Gasteiger partial charge is 0.302 e. The van der Waals surface area contributed by atoms with Gasteiger partial charge in [-0.1, -0.05) is 24.7 Å². The molecule has 5 heteroatoms. The van der Waals surface area contributed by atoms with E-state index in [9.17, 15) is 4.79 Å². The summed E-state index contributed by atoms with van der Waals surface area (Å²) >= 11 is 1.52. The first-order valence-corrected chi connectivity index (χ1v) is 8.01. The maximum absolute atomic E-state index is 11.1. The maximum atomic E-state index is 11.1. The van der Waals surface area contributed by atoms with E-state index in [2.05, 4.69) is 28.3 Å². The number of aromatic nitrogens is 2. The number of nitrogens with zero attached hydrogens (tertiary/aromatic N) is 2. The highest BCUT2D eigenvalue weighted by atomic mass is 32.1. The van der Waals surface area contributed by atoms with Gasteiger partial charge in [-0.25, -0.2) is 4.98 Å². The first-order chi connectivity index (χ1) is 9.98. The van der Waals surface area contributed by atoms with Gasteiger partial charge in [0.25, 0.3) is 0 Å². The monoisotopic (exact) mass is 301 g/mol. The SMILES string of the molecule is CC(=O)Nc1nc(C)c(-c2ccnc(C3(C)CCC3)c2)s1. The van der Waals surface area contributed by atoms with Crippen LogP contribution in [0.4, 0.5) is 5.13 Å². The quantitative estimate of drug-likeness (QED) is 0.935. The van der Waals surface area contributed by atoms with Gasteiger partial charge in [0, 0.05) is 24.2 Å². The lowest BCUT2D eigenvalue weighted by atomic mass is 9.68. The number of rotatable bonds is 3. The predicted octanol–water partition coefficient (Wildman–Crippen LogP) is 3.91. The average Bonchev–Trinajstić information content (AvgIpc) is 2.76. The molecule has 2 aromatic rings. The third-order valence-electron chi connectivity index (χ3n) is 4.18. The Morgan fingerprint density at radius 2 is 2.19 bits per heavy atom. The minimum atomic E-state index is -0.0901. The molecule has 3 rings (SSSR count). The lowest BCUT2D eigenvalue weighted by molar-refractivity contribution is -0.114. The zero-order valence-electron chi connectivity index (χ0n) is 12.6. The first-order valence-electron chi connectivity index (χ1n) is 7.20. The van der Waals surface area contributed by atoms with Gasteiger partial charge in [-0.3, -0.25) is 9.78 Å². The fraction of sp³-hybridized carbons (Fsp3) is 0.438. The Morgan fingerprint density at radius 3 is 2.81 bits per heavy atom. The second-order valence-electron chi connectivity index (χ2n) is 5.96. The summed E-state index contributed by atoms with van der Waals surface area (Å²) in [6, 6.07) is 4.20. The van der Waals surface area contributed by atoms with Crippen molar-refractivity contribution in [3.63, 3.8) is 0 Å². The Bertz CT molecular complexity index is 689. The molecular weight excluding hydrogens is 282 g/mol. The Kier molecular flexibility index (Phi) is 3.53. The standard InChI is InChI=1S/C16H19N3OS/c1-10-14(21-15(18-10)19-11(2)20)12-5-8-17-13(9-12)16(3)6-4-7-16/h5,8-9H,4,6-7H2,1-3H3,(H,18,19,20). The molecule has 0 atom stereocenters. The van der Waals surface area contributed by atoms with Crippen LogP contribution in [-0.2, 0) is 10.2 Å². The molecule has 0 radical (unpaired) electrons. The van der Waals surface area contributed by atoms with Crippen LogP contribution in [0.15, 0.2) is 18.3 Å². The van der Waals surface area contributed by atoms with Crippen molar-refractivity contribution in [1.29, 1.82) is 0 Å². The summed E-state index contributed by atoms with van der Waals surface area (Å²) in [5.41, 5.74) is 3.48. The number of nitrogens with one attached hydrogen (secondary N) is 1. The van der Waals surface area contributed by atoms with Crippen molar-refractivity contribution in [3.8, 4) is 10.4 Å². The number of thiazole rings is 1. The fourth-order valence-corrected chi connectivity index (χ4v) is 3.74. The smallest absolute Gasteiger partial charge is 0.223 e. The minimum Gasteiger partial charge on any atom is -0.302 e. The molecule has 1 aliphatic carbocycles. The van der Waals surface area contributed by atoms with Crippen LogP contribution >= 0.6 is 11.3 Å². The molecule has 0 aliphatic heterocycles. The molecule has 2 heterocycles. The molecule has 4 nitrogen and oxygen atoms in total. The van der Waals surface area contributed by atoms with Crippen molar-refractivity contribution >= 4 is 22.4 Å². The van der Waals surface area contributed by atoms with Crippen molar-refractivity contribution in [1.82, 2.24) is 9.97 Å². The topological polar surface area (TPSA) is 54.9 Å². The lowest BCUT2D eigenvalue weighted by Crippen LogP contribution is -2.31. The van der Waals surface area contributed by atoms with E-state index in [0.29, 0.717) is 5.13 Å². The Morgan fingerprint density at radius 1 is 1.43 bits per heavy atom. The molecule has 1 saturated carbocycles. The number of amides is 1. The van der Waals surface area contributed by atoms with Gasteiger partial charge in [-0.05, 0) is 37.5 Å². The second kappa shape index (κ2) is 5.22. The molecule has 0 saturated heterocycles. The molecule has 110 valence electrons. The van der Waals surface area contributed by atoms with Crippen LogP contribution in [0.2, 0.25) is 0 Å². The van der Waals surface area contributed by atoms with E-state index >= 15 is 0 Å². The Labute approximate surface area is 128 Å². The van der Waals surface area contributed by atoms with Crippen LogP contribution in [0, 0.1) is 6.92 Å². The number of hydrogen-bond donors (Lipinski definition) is 1. The summed E-state index contributed by atoms with van der Waals surface area (Å²) in [6.07, 6.45) is 5.59. The van der Waals surface area contributed by atoms with Gasteiger partial charge >= 0.3 is 0 Å². The van der Waals surface area contributed by atoms with E-state index < -0.39 is 0 Å². The van der Waals surface area contributed by atoms with Gasteiger partial charge in [0.15, 0.2) is 5.13 Å². The van der Waals surface area contributed by atoms with Gasteiger partial charge in [0.1, 0.15) is 0 Å². The molecule has 2 aromatic heterocycles. The minimum absolute atomic E-state index is 0.0901. The highest BCUT2D eigenvalue weighted by Gasteiger charge is 2.35. The van der Waals surface area contributed by atoms with E-state index in [-0.39, 0.29) is 11.3 Å². The molecule has 0 unspecified atom stereocenters. The third kappa shape index (κ3) is 2.70. The van der Waals surface area contributed by atoms with Gasteiger partial charge in [0.2, 0.25) is 5.91 Å². The summed E-state index contributed by atoms with van der Waals surface area (Å²) in [5.74, 6) is -0.0901. The van der Waals surface area contributed by atoms with Crippen LogP contribution in [0.1, 0.15) is 44.5 Å². The van der Waals surface area contributed by atoms with E-state index in [1.165, 1.54) is 43.2 Å². The van der Waals surface area contributed by atoms with Crippen molar-refractivity contribution in [2.45, 2.75) is 45.4 Å². The zero-order valence-corrected chi connectivity index (χ0v) is 13.4. The van der Waals surface area contributed by atoms with Crippen LogP contribution < -0.4 is 5.32 Å². The van der Waals surface area contributed by atoms with E-state index in [0.717, 1.165) is 16.1 Å². The van der Waals surface area contributed by atoms with Gasteiger partial charge in [-0.2, -0.15) is 0 Å². The number of carbonyl (C=O) groups excluding carboxylic acids is 1. The molecule has 21 heavy (non-hydrogen) atoms. The number of hydrogen-bond acceptors (Lipinski definition) is 4. The Balaban J connectivity index is 1.95. The molecule has 0 aromatic carbocycles. The summed E-state index contributed by atoms with van der Waals surface area (Å²) in [4.78, 5) is 21.2. The summed E-state index contributed by atoms with van der Waals surface area (Å²) < 4.78 is 0. The highest BCUT2D eigenvalue weighted by Crippen LogP contribution is 2.43. The van der Waals surface area contributed by atoms with Crippen LogP contribution in [0.5, 0.6) is 0 Å². The average molecular weight is 301 g/mol. The zero-order chi connectivity index (χ0) is 15.0. The molecule has 1 aliphatic rings. The van der Waals surface area contributed by atoms with Crippen LogP contribution in [0.3, 0.4) is 0 Å². The highest BCUT2D eigenvalue weighted by molar-refractivity contribution is 7.19. The number of aryl methyl sites for hydroxylation is 1. The fourth-order valence-electron chi connectivity index (χ4n) is 2.73. The van der Waals surface area contributed by atoms with Crippen molar-refractivity contribution < 1.29 is 4.79 Å². The number of carbonyl (C=O) groups is 1. The maximum Gasteiger partial charge on any atom is 0.223 e. The normalized spacial score (nSPS) is 16.3. The summed E-state index contributed by atoms with van der Waals surface area (Å²) in [5, 5.41) is 3.41. The number of pyridine rings is 1. The van der Waals surface area contributed by atoms with Crippen molar-refractivity contribution in [2.75, 3.05) is 5.32 Å². The molecular formula is C16H19N3OS. The first kappa shape index (κ1) is 14.2. The summed E-state index contributed by atoms with van der Waals surface area (Å²) in [6.45, 7) is 5.76. The van der Waals surface area contributed by atoms with Gasteiger partial charge < -0.3 is 5.32 Å². The van der Waals surface area contributed by atoms with Crippen LogP contribution in [-0.4, -0.2) is 15.9 Å². The molecule has 1 N–H and O–H groups in total. The lowest BCUT2D eigenvalue weighted by Gasteiger charge is -2.37. The molecule has 0 spiro atoms. The molecule has 0 bridgehead atoms. The predicted molar refractivity (Wildman–Crippen MR) is 85.6 cm³/mol. The number of anilines is 1.